The lowest BCUT2D eigenvalue weighted by Crippen LogP contribution is -2.06. The highest BCUT2D eigenvalue weighted by atomic mass is 35.5. The molecule has 1 aromatic carbocycles. The molecular weight excluding hydrogens is 192 g/mol. The van der Waals surface area contributed by atoms with E-state index in [-0.39, 0.29) is 0 Å². The molecule has 1 unspecified atom stereocenters. The van der Waals surface area contributed by atoms with Crippen LogP contribution in [0.1, 0.15) is 12.5 Å². The quantitative estimate of drug-likeness (QED) is 0.546. The van der Waals surface area contributed by atoms with Crippen LogP contribution in [-0.4, -0.2) is 10.3 Å². The average Bonchev–Trinajstić information content (AvgIpc) is 2.16. The molecule has 66 valence electrons. The first-order chi connectivity index (χ1) is 5.79. The summed E-state index contributed by atoms with van der Waals surface area (Å²) < 4.78 is 11.4. The van der Waals surface area contributed by atoms with Crippen molar-refractivity contribution in [2.45, 2.75) is 17.7 Å². The van der Waals surface area contributed by atoms with Crippen molar-refractivity contribution in [3.05, 3.63) is 29.8 Å². The van der Waals surface area contributed by atoms with Crippen LogP contribution in [0.25, 0.3) is 0 Å². The van der Waals surface area contributed by atoms with Gasteiger partial charge in [-0.1, -0.05) is 18.2 Å². The molecule has 1 aromatic rings. The SMILES string of the molecule is CC[S+]([O-])c1ccccc1CCl. The normalized spacial score (nSPS) is 12.9. The zero-order valence-electron chi connectivity index (χ0n) is 6.92. The van der Waals surface area contributed by atoms with Gasteiger partial charge in [0, 0.05) is 5.56 Å². The third-order valence-electron chi connectivity index (χ3n) is 1.62. The van der Waals surface area contributed by atoms with Crippen molar-refractivity contribution in [3.63, 3.8) is 0 Å². The molecule has 0 N–H and O–H groups in total. The van der Waals surface area contributed by atoms with Crippen molar-refractivity contribution >= 4 is 22.8 Å². The minimum atomic E-state index is -0.886. The fraction of sp³-hybridized carbons (Fsp3) is 0.333. The zero-order chi connectivity index (χ0) is 8.97. The lowest BCUT2D eigenvalue weighted by molar-refractivity contribution is 0.595. The molecule has 0 heterocycles. The van der Waals surface area contributed by atoms with E-state index in [1.165, 1.54) is 0 Å². The van der Waals surface area contributed by atoms with Crippen LogP contribution in [0.15, 0.2) is 29.2 Å². The van der Waals surface area contributed by atoms with Crippen LogP contribution in [0.3, 0.4) is 0 Å². The van der Waals surface area contributed by atoms with Crippen LogP contribution in [0.4, 0.5) is 0 Å². The van der Waals surface area contributed by atoms with Gasteiger partial charge in [-0.2, -0.15) is 0 Å². The molecular formula is C9H11ClOS. The molecule has 1 rings (SSSR count). The summed E-state index contributed by atoms with van der Waals surface area (Å²) >= 11 is 4.81. The molecule has 12 heavy (non-hydrogen) atoms. The Hall–Kier alpha value is -0.180. The molecule has 0 saturated heterocycles. The Morgan fingerprint density at radius 1 is 1.42 bits per heavy atom. The highest BCUT2D eigenvalue weighted by Crippen LogP contribution is 2.18. The highest BCUT2D eigenvalue weighted by molar-refractivity contribution is 7.91. The van der Waals surface area contributed by atoms with Crippen molar-refractivity contribution in [1.29, 1.82) is 0 Å². The van der Waals surface area contributed by atoms with Gasteiger partial charge in [-0.05, 0) is 24.2 Å². The van der Waals surface area contributed by atoms with Crippen LogP contribution in [0.2, 0.25) is 0 Å². The van der Waals surface area contributed by atoms with Crippen molar-refractivity contribution in [3.8, 4) is 0 Å². The largest absolute Gasteiger partial charge is 0.611 e. The van der Waals surface area contributed by atoms with Crippen LogP contribution >= 0.6 is 11.6 Å². The first-order valence-electron chi connectivity index (χ1n) is 3.81. The Kier molecular flexibility index (Phi) is 3.92. The van der Waals surface area contributed by atoms with Crippen molar-refractivity contribution in [1.82, 2.24) is 0 Å². The molecule has 0 spiro atoms. The lowest BCUT2D eigenvalue weighted by atomic mass is 10.2. The predicted molar refractivity (Wildman–Crippen MR) is 52.9 cm³/mol. The van der Waals surface area contributed by atoms with Gasteiger partial charge in [-0.25, -0.2) is 0 Å². The van der Waals surface area contributed by atoms with E-state index in [1.807, 2.05) is 31.2 Å². The molecule has 0 aromatic heterocycles. The Morgan fingerprint density at radius 3 is 2.67 bits per heavy atom. The molecule has 0 aliphatic rings. The van der Waals surface area contributed by atoms with Gasteiger partial charge in [0.25, 0.3) is 0 Å². The molecule has 0 saturated carbocycles. The molecule has 0 aliphatic carbocycles. The fourth-order valence-electron chi connectivity index (χ4n) is 0.992. The summed E-state index contributed by atoms with van der Waals surface area (Å²) in [7, 11) is 0. The first-order valence-corrected chi connectivity index (χ1v) is 5.67. The molecule has 3 heteroatoms. The van der Waals surface area contributed by atoms with Crippen LogP contribution in [0, 0.1) is 0 Å². The Morgan fingerprint density at radius 2 is 2.08 bits per heavy atom. The molecule has 0 radical (unpaired) electrons. The van der Waals surface area contributed by atoms with Crippen LogP contribution in [-0.2, 0) is 17.1 Å². The maximum absolute atomic E-state index is 11.4. The highest BCUT2D eigenvalue weighted by Gasteiger charge is 2.11. The van der Waals surface area contributed by atoms with E-state index >= 15 is 0 Å². The third kappa shape index (κ3) is 2.16. The van der Waals surface area contributed by atoms with Gasteiger partial charge in [0.15, 0.2) is 4.90 Å². The van der Waals surface area contributed by atoms with Crippen LogP contribution < -0.4 is 0 Å². The number of hydrogen-bond donors (Lipinski definition) is 0. The van der Waals surface area contributed by atoms with Gasteiger partial charge in [-0.15, -0.1) is 11.6 Å². The minimum absolute atomic E-state index is 0.432. The summed E-state index contributed by atoms with van der Waals surface area (Å²) in [6, 6.07) is 7.58. The van der Waals surface area contributed by atoms with Crippen molar-refractivity contribution in [2.75, 3.05) is 5.75 Å². The van der Waals surface area contributed by atoms with E-state index in [9.17, 15) is 4.55 Å². The first kappa shape index (κ1) is 9.90. The van der Waals surface area contributed by atoms with Gasteiger partial charge in [0.1, 0.15) is 5.75 Å². The van der Waals surface area contributed by atoms with Crippen LogP contribution in [0.5, 0.6) is 0 Å². The second-order valence-corrected chi connectivity index (χ2v) is 4.35. The number of halogens is 1. The number of alkyl halides is 1. The number of hydrogen-bond acceptors (Lipinski definition) is 1. The number of benzene rings is 1. The molecule has 1 nitrogen and oxygen atoms in total. The molecule has 0 fully saturated rings. The summed E-state index contributed by atoms with van der Waals surface area (Å²) in [4.78, 5) is 0.870. The van der Waals surface area contributed by atoms with E-state index in [2.05, 4.69) is 0 Å². The zero-order valence-corrected chi connectivity index (χ0v) is 8.49. The van der Waals surface area contributed by atoms with Gasteiger partial charge in [0.2, 0.25) is 0 Å². The summed E-state index contributed by atoms with van der Waals surface area (Å²) in [5, 5.41) is 0. The van der Waals surface area contributed by atoms with Gasteiger partial charge in [-0.3, -0.25) is 0 Å². The van der Waals surface area contributed by atoms with E-state index in [0.717, 1.165) is 10.5 Å². The van der Waals surface area contributed by atoms with Gasteiger partial charge < -0.3 is 4.55 Å². The fourth-order valence-corrected chi connectivity index (χ4v) is 2.28. The maximum Gasteiger partial charge on any atom is 0.157 e. The third-order valence-corrected chi connectivity index (χ3v) is 3.33. The Labute approximate surface area is 80.9 Å². The summed E-state index contributed by atoms with van der Waals surface area (Å²) in [6.45, 7) is 1.90. The standard InChI is InChI=1S/C9H11ClOS/c1-2-12(11)9-6-4-3-5-8(9)7-10/h3-6H,2,7H2,1H3. The Balaban J connectivity index is 2.96. The predicted octanol–water partition coefficient (Wildman–Crippen LogP) is 2.55. The van der Waals surface area contributed by atoms with E-state index < -0.39 is 11.2 Å². The minimum Gasteiger partial charge on any atom is -0.611 e. The van der Waals surface area contributed by atoms with Gasteiger partial charge >= 0.3 is 0 Å². The smallest absolute Gasteiger partial charge is 0.157 e. The summed E-state index contributed by atoms with van der Waals surface area (Å²) in [5.74, 6) is 1.08. The molecule has 0 aliphatic heterocycles. The van der Waals surface area contributed by atoms with E-state index in [1.54, 1.807) is 0 Å². The summed E-state index contributed by atoms with van der Waals surface area (Å²) in [6.07, 6.45) is 0. The molecule has 1 atom stereocenters. The van der Waals surface area contributed by atoms with E-state index in [4.69, 9.17) is 11.6 Å². The topological polar surface area (TPSA) is 23.1 Å². The van der Waals surface area contributed by atoms with E-state index in [0.29, 0.717) is 11.6 Å². The maximum atomic E-state index is 11.4. The number of rotatable bonds is 3. The lowest BCUT2D eigenvalue weighted by Gasteiger charge is -2.10. The second kappa shape index (κ2) is 4.75. The monoisotopic (exact) mass is 202 g/mol. The molecule has 0 bridgehead atoms. The Bertz CT molecular complexity index is 252. The van der Waals surface area contributed by atoms with Crippen molar-refractivity contribution < 1.29 is 4.55 Å². The van der Waals surface area contributed by atoms with Crippen molar-refractivity contribution in [2.24, 2.45) is 0 Å². The average molecular weight is 203 g/mol. The second-order valence-electron chi connectivity index (χ2n) is 2.38. The van der Waals surface area contributed by atoms with Gasteiger partial charge in [0.05, 0.1) is 5.88 Å². The summed E-state index contributed by atoms with van der Waals surface area (Å²) in [5.41, 5.74) is 0.972. The molecule has 0 amide bonds.